The Morgan fingerprint density at radius 1 is 1.05 bits per heavy atom. The standard InChI is InChI=1S/C17H19NO/c1-3-16(14-11-9-13(2)10-12-14)18-17(19)15-7-5-4-6-8-15/h4-12,16H,3H2,1-2H3,(H,18,19). The SMILES string of the molecule is CCC(NC(=O)c1ccccc1)c1ccc(C)cc1. The molecule has 98 valence electrons. The molecule has 0 saturated carbocycles. The highest BCUT2D eigenvalue weighted by molar-refractivity contribution is 5.94. The Hall–Kier alpha value is -2.09. The molecule has 2 aromatic rings. The Morgan fingerprint density at radius 3 is 2.26 bits per heavy atom. The van der Waals surface area contributed by atoms with Crippen molar-refractivity contribution < 1.29 is 4.79 Å². The highest BCUT2D eigenvalue weighted by atomic mass is 16.1. The Bertz CT molecular complexity index is 531. The summed E-state index contributed by atoms with van der Waals surface area (Å²) in [5.74, 6) is -0.0203. The first-order chi connectivity index (χ1) is 9.20. The number of nitrogens with one attached hydrogen (secondary N) is 1. The molecule has 19 heavy (non-hydrogen) atoms. The van der Waals surface area contributed by atoms with Crippen LogP contribution in [0.3, 0.4) is 0 Å². The van der Waals surface area contributed by atoms with Crippen molar-refractivity contribution in [3.63, 3.8) is 0 Å². The minimum absolute atomic E-state index is 0.0203. The zero-order valence-corrected chi connectivity index (χ0v) is 11.4. The molecule has 0 saturated heterocycles. The molecule has 0 aliphatic carbocycles. The second-order valence-electron chi connectivity index (χ2n) is 4.71. The van der Waals surface area contributed by atoms with E-state index in [-0.39, 0.29) is 11.9 Å². The molecule has 0 aliphatic rings. The van der Waals surface area contributed by atoms with Gasteiger partial charge in [0.1, 0.15) is 0 Å². The van der Waals surface area contributed by atoms with Crippen LogP contribution in [0.4, 0.5) is 0 Å². The van der Waals surface area contributed by atoms with Crippen LogP contribution < -0.4 is 5.32 Å². The molecule has 1 amide bonds. The van der Waals surface area contributed by atoms with Gasteiger partial charge in [-0.15, -0.1) is 0 Å². The van der Waals surface area contributed by atoms with Gasteiger partial charge in [0, 0.05) is 5.56 Å². The number of hydrogen-bond donors (Lipinski definition) is 1. The predicted octanol–water partition coefficient (Wildman–Crippen LogP) is 3.88. The molecule has 0 heterocycles. The number of rotatable bonds is 4. The van der Waals surface area contributed by atoms with Gasteiger partial charge in [-0.3, -0.25) is 4.79 Å². The maximum absolute atomic E-state index is 12.1. The quantitative estimate of drug-likeness (QED) is 0.880. The smallest absolute Gasteiger partial charge is 0.251 e. The summed E-state index contributed by atoms with van der Waals surface area (Å²) >= 11 is 0. The number of carbonyl (C=O) groups is 1. The van der Waals surface area contributed by atoms with Crippen molar-refractivity contribution in [2.45, 2.75) is 26.3 Å². The van der Waals surface area contributed by atoms with Gasteiger partial charge >= 0.3 is 0 Å². The summed E-state index contributed by atoms with van der Waals surface area (Å²) < 4.78 is 0. The van der Waals surface area contributed by atoms with E-state index in [4.69, 9.17) is 0 Å². The van der Waals surface area contributed by atoms with Crippen LogP contribution >= 0.6 is 0 Å². The zero-order valence-electron chi connectivity index (χ0n) is 11.4. The molecular weight excluding hydrogens is 234 g/mol. The van der Waals surface area contributed by atoms with Gasteiger partial charge in [-0.2, -0.15) is 0 Å². The van der Waals surface area contributed by atoms with Crippen LogP contribution in [0.2, 0.25) is 0 Å². The van der Waals surface area contributed by atoms with Crippen molar-refractivity contribution >= 4 is 5.91 Å². The van der Waals surface area contributed by atoms with Crippen LogP contribution in [0.1, 0.15) is 40.9 Å². The summed E-state index contributed by atoms with van der Waals surface area (Å²) in [5, 5.41) is 3.08. The van der Waals surface area contributed by atoms with Crippen LogP contribution in [0.15, 0.2) is 54.6 Å². The molecule has 1 atom stereocenters. The van der Waals surface area contributed by atoms with E-state index in [2.05, 4.69) is 43.4 Å². The third-order valence-electron chi connectivity index (χ3n) is 3.23. The molecule has 0 fully saturated rings. The molecule has 0 bridgehead atoms. The molecule has 2 aromatic carbocycles. The van der Waals surface area contributed by atoms with E-state index in [1.54, 1.807) is 0 Å². The van der Waals surface area contributed by atoms with Crippen LogP contribution in [0.5, 0.6) is 0 Å². The lowest BCUT2D eigenvalue weighted by molar-refractivity contribution is 0.0935. The van der Waals surface area contributed by atoms with Crippen molar-refractivity contribution in [1.82, 2.24) is 5.32 Å². The first-order valence-electron chi connectivity index (χ1n) is 6.63. The van der Waals surface area contributed by atoms with Gasteiger partial charge in [0.15, 0.2) is 0 Å². The zero-order chi connectivity index (χ0) is 13.7. The molecule has 0 aromatic heterocycles. The van der Waals surface area contributed by atoms with Gasteiger partial charge in [0.2, 0.25) is 0 Å². The third-order valence-corrected chi connectivity index (χ3v) is 3.23. The highest BCUT2D eigenvalue weighted by Crippen LogP contribution is 2.17. The summed E-state index contributed by atoms with van der Waals surface area (Å²) in [4.78, 5) is 12.1. The van der Waals surface area contributed by atoms with Gasteiger partial charge in [-0.1, -0.05) is 55.0 Å². The van der Waals surface area contributed by atoms with Crippen LogP contribution in [0.25, 0.3) is 0 Å². The molecule has 2 nitrogen and oxygen atoms in total. The highest BCUT2D eigenvalue weighted by Gasteiger charge is 2.13. The number of aryl methyl sites for hydroxylation is 1. The van der Waals surface area contributed by atoms with E-state index in [9.17, 15) is 4.79 Å². The first kappa shape index (κ1) is 13.3. The Morgan fingerprint density at radius 2 is 1.68 bits per heavy atom. The van der Waals surface area contributed by atoms with Crippen molar-refractivity contribution in [3.05, 3.63) is 71.3 Å². The molecule has 1 unspecified atom stereocenters. The Kier molecular flexibility index (Phi) is 4.35. The minimum Gasteiger partial charge on any atom is -0.345 e. The number of benzene rings is 2. The van der Waals surface area contributed by atoms with Gasteiger partial charge in [0.05, 0.1) is 6.04 Å². The van der Waals surface area contributed by atoms with Crippen molar-refractivity contribution in [1.29, 1.82) is 0 Å². The monoisotopic (exact) mass is 253 g/mol. The summed E-state index contributed by atoms with van der Waals surface area (Å²) in [6.45, 7) is 4.14. The van der Waals surface area contributed by atoms with Gasteiger partial charge in [-0.05, 0) is 31.0 Å². The van der Waals surface area contributed by atoms with E-state index in [0.29, 0.717) is 5.56 Å². The van der Waals surface area contributed by atoms with Crippen molar-refractivity contribution in [3.8, 4) is 0 Å². The van der Waals surface area contributed by atoms with Gasteiger partial charge in [0.25, 0.3) is 5.91 Å². The van der Waals surface area contributed by atoms with Crippen LogP contribution in [-0.4, -0.2) is 5.91 Å². The molecule has 0 radical (unpaired) electrons. The summed E-state index contributed by atoms with van der Waals surface area (Å²) in [6.07, 6.45) is 0.877. The maximum Gasteiger partial charge on any atom is 0.251 e. The molecule has 2 rings (SSSR count). The molecule has 2 heteroatoms. The van der Waals surface area contributed by atoms with E-state index < -0.39 is 0 Å². The number of amides is 1. The summed E-state index contributed by atoms with van der Waals surface area (Å²) in [7, 11) is 0. The Labute approximate surface area is 114 Å². The average molecular weight is 253 g/mol. The first-order valence-corrected chi connectivity index (χ1v) is 6.63. The second kappa shape index (κ2) is 6.19. The minimum atomic E-state index is -0.0203. The summed E-state index contributed by atoms with van der Waals surface area (Å²) in [5.41, 5.74) is 3.08. The lowest BCUT2D eigenvalue weighted by Gasteiger charge is -2.17. The van der Waals surface area contributed by atoms with E-state index >= 15 is 0 Å². The largest absolute Gasteiger partial charge is 0.345 e. The van der Waals surface area contributed by atoms with E-state index in [1.807, 2.05) is 30.3 Å². The lowest BCUT2D eigenvalue weighted by atomic mass is 10.0. The molecular formula is C17H19NO. The van der Waals surface area contributed by atoms with E-state index in [0.717, 1.165) is 12.0 Å². The average Bonchev–Trinajstić information content (AvgIpc) is 2.46. The van der Waals surface area contributed by atoms with Crippen molar-refractivity contribution in [2.24, 2.45) is 0 Å². The second-order valence-corrected chi connectivity index (χ2v) is 4.71. The fourth-order valence-corrected chi connectivity index (χ4v) is 2.05. The maximum atomic E-state index is 12.1. The molecule has 0 aliphatic heterocycles. The fourth-order valence-electron chi connectivity index (χ4n) is 2.05. The lowest BCUT2D eigenvalue weighted by Crippen LogP contribution is -2.28. The topological polar surface area (TPSA) is 29.1 Å². The summed E-state index contributed by atoms with van der Waals surface area (Å²) in [6, 6.07) is 17.7. The third kappa shape index (κ3) is 3.44. The fraction of sp³-hybridized carbons (Fsp3) is 0.235. The number of hydrogen-bond acceptors (Lipinski definition) is 1. The normalized spacial score (nSPS) is 11.9. The molecule has 1 N–H and O–H groups in total. The number of carbonyl (C=O) groups excluding carboxylic acids is 1. The van der Waals surface area contributed by atoms with Gasteiger partial charge < -0.3 is 5.32 Å². The molecule has 0 spiro atoms. The Balaban J connectivity index is 2.11. The predicted molar refractivity (Wildman–Crippen MR) is 78.1 cm³/mol. The van der Waals surface area contributed by atoms with Crippen LogP contribution in [0, 0.1) is 6.92 Å². The van der Waals surface area contributed by atoms with E-state index in [1.165, 1.54) is 5.56 Å². The van der Waals surface area contributed by atoms with Gasteiger partial charge in [-0.25, -0.2) is 0 Å². The van der Waals surface area contributed by atoms with Crippen molar-refractivity contribution in [2.75, 3.05) is 0 Å². The van der Waals surface area contributed by atoms with Crippen LogP contribution in [-0.2, 0) is 0 Å².